The first-order chi connectivity index (χ1) is 16.9. The second kappa shape index (κ2) is 13.0. The van der Waals surface area contributed by atoms with Gasteiger partial charge in [0.15, 0.2) is 11.5 Å². The summed E-state index contributed by atoms with van der Waals surface area (Å²) < 4.78 is 18.2. The summed E-state index contributed by atoms with van der Waals surface area (Å²) in [5, 5.41) is 12.6. The first-order valence-electron chi connectivity index (χ1n) is 10.9. The maximum absolute atomic E-state index is 12.7. The summed E-state index contributed by atoms with van der Waals surface area (Å²) in [4.78, 5) is 12.7. The number of nitrogens with one attached hydrogen (secondary N) is 1. The average Bonchev–Trinajstić information content (AvgIpc) is 2.84. The summed E-state index contributed by atoms with van der Waals surface area (Å²) in [6.07, 6.45) is 1.46. The van der Waals surface area contributed by atoms with Crippen LogP contribution in [0.3, 0.4) is 0 Å². The van der Waals surface area contributed by atoms with Crippen LogP contribution in [0.15, 0.2) is 66.2 Å². The van der Waals surface area contributed by atoms with Crippen molar-refractivity contribution in [1.82, 2.24) is 0 Å². The molecule has 3 rings (SSSR count). The van der Waals surface area contributed by atoms with Crippen LogP contribution in [0.25, 0.3) is 6.08 Å². The highest BCUT2D eigenvalue weighted by molar-refractivity contribution is 14.1. The SMILES string of the molecule is CCOc1ccc(NC(=O)C(C#N)=Cc2cc(Cl)c(OCc3ccc(I)cc3)c(OCC)c2)cc1. The van der Waals surface area contributed by atoms with Crippen molar-refractivity contribution in [2.24, 2.45) is 0 Å². The van der Waals surface area contributed by atoms with Crippen molar-refractivity contribution in [2.75, 3.05) is 18.5 Å². The van der Waals surface area contributed by atoms with Crippen LogP contribution in [0.5, 0.6) is 17.2 Å². The fourth-order valence-electron chi connectivity index (χ4n) is 3.13. The number of hydrogen-bond acceptors (Lipinski definition) is 5. The minimum absolute atomic E-state index is 0.0787. The number of ether oxygens (including phenoxy) is 3. The van der Waals surface area contributed by atoms with Crippen LogP contribution in [0.1, 0.15) is 25.0 Å². The first kappa shape index (κ1) is 26.4. The van der Waals surface area contributed by atoms with Crippen molar-refractivity contribution in [1.29, 1.82) is 5.26 Å². The van der Waals surface area contributed by atoms with E-state index < -0.39 is 5.91 Å². The van der Waals surface area contributed by atoms with Gasteiger partial charge in [-0.25, -0.2) is 0 Å². The molecular formula is C27H24ClIN2O4. The number of carbonyl (C=O) groups is 1. The largest absolute Gasteiger partial charge is 0.494 e. The fraction of sp³-hybridized carbons (Fsp3) is 0.185. The number of benzene rings is 3. The van der Waals surface area contributed by atoms with E-state index in [4.69, 9.17) is 25.8 Å². The Morgan fingerprint density at radius 3 is 2.34 bits per heavy atom. The molecule has 3 aromatic carbocycles. The lowest BCUT2D eigenvalue weighted by atomic mass is 10.1. The van der Waals surface area contributed by atoms with E-state index in [9.17, 15) is 10.1 Å². The molecule has 0 saturated heterocycles. The van der Waals surface area contributed by atoms with E-state index >= 15 is 0 Å². The highest BCUT2D eigenvalue weighted by Crippen LogP contribution is 2.38. The van der Waals surface area contributed by atoms with E-state index in [1.54, 1.807) is 36.4 Å². The molecule has 0 saturated carbocycles. The Morgan fingerprint density at radius 1 is 1.03 bits per heavy atom. The predicted molar refractivity (Wildman–Crippen MR) is 146 cm³/mol. The lowest BCUT2D eigenvalue weighted by Crippen LogP contribution is -2.13. The first-order valence-corrected chi connectivity index (χ1v) is 12.4. The monoisotopic (exact) mass is 602 g/mol. The van der Waals surface area contributed by atoms with Gasteiger partial charge in [0, 0.05) is 9.26 Å². The Labute approximate surface area is 223 Å². The Kier molecular flexibility index (Phi) is 9.82. The van der Waals surface area contributed by atoms with E-state index in [0.717, 1.165) is 9.13 Å². The van der Waals surface area contributed by atoms with Crippen molar-refractivity contribution >= 4 is 51.9 Å². The van der Waals surface area contributed by atoms with Gasteiger partial charge in [-0.3, -0.25) is 4.79 Å². The minimum atomic E-state index is -0.537. The van der Waals surface area contributed by atoms with Crippen LogP contribution < -0.4 is 19.5 Å². The zero-order chi connectivity index (χ0) is 25.2. The van der Waals surface area contributed by atoms with Gasteiger partial charge in [-0.2, -0.15) is 5.26 Å². The smallest absolute Gasteiger partial charge is 0.266 e. The van der Waals surface area contributed by atoms with Gasteiger partial charge < -0.3 is 19.5 Å². The van der Waals surface area contributed by atoms with Crippen molar-refractivity contribution in [3.05, 3.63) is 86.0 Å². The van der Waals surface area contributed by atoms with Gasteiger partial charge in [0.2, 0.25) is 0 Å². The van der Waals surface area contributed by atoms with E-state index in [1.165, 1.54) is 6.08 Å². The number of nitriles is 1. The van der Waals surface area contributed by atoms with E-state index in [0.29, 0.717) is 53.3 Å². The van der Waals surface area contributed by atoms with E-state index in [-0.39, 0.29) is 5.57 Å². The standard InChI is InChI=1S/C27H24ClIN2O4/c1-3-33-23-11-9-22(10-12-23)31-27(32)20(16-30)13-19-14-24(28)26(25(15-19)34-4-2)35-17-18-5-7-21(29)8-6-18/h5-15H,3-4,17H2,1-2H3,(H,31,32). The summed E-state index contributed by atoms with van der Waals surface area (Å²) in [7, 11) is 0. The summed E-state index contributed by atoms with van der Waals surface area (Å²) >= 11 is 8.75. The van der Waals surface area contributed by atoms with Crippen LogP contribution in [-0.4, -0.2) is 19.1 Å². The Bertz CT molecular complexity index is 1240. The molecule has 3 aromatic rings. The van der Waals surface area contributed by atoms with Crippen LogP contribution in [-0.2, 0) is 11.4 Å². The quantitative estimate of drug-likeness (QED) is 0.156. The molecule has 0 aromatic heterocycles. The number of hydrogen-bond donors (Lipinski definition) is 1. The van der Waals surface area contributed by atoms with Gasteiger partial charge in [-0.05, 0) is 102 Å². The second-order valence-corrected chi connectivity index (χ2v) is 8.91. The predicted octanol–water partition coefficient (Wildman–Crippen LogP) is 6.87. The number of halogens is 2. The third-order valence-electron chi connectivity index (χ3n) is 4.73. The molecule has 0 radical (unpaired) electrons. The summed E-state index contributed by atoms with van der Waals surface area (Å²) in [5.74, 6) is 0.997. The van der Waals surface area contributed by atoms with Crippen LogP contribution in [0.2, 0.25) is 5.02 Å². The molecule has 0 unspecified atom stereocenters. The van der Waals surface area contributed by atoms with Gasteiger partial charge in [-0.1, -0.05) is 23.7 Å². The van der Waals surface area contributed by atoms with E-state index in [2.05, 4.69) is 27.9 Å². The molecule has 1 N–H and O–H groups in total. The molecular weight excluding hydrogens is 579 g/mol. The summed E-state index contributed by atoms with van der Waals surface area (Å²) in [5.41, 5.74) is 2.00. The molecule has 1 amide bonds. The van der Waals surface area contributed by atoms with Crippen LogP contribution in [0, 0.1) is 14.9 Å². The molecule has 35 heavy (non-hydrogen) atoms. The van der Waals surface area contributed by atoms with Gasteiger partial charge in [0.05, 0.1) is 18.2 Å². The number of nitrogens with zero attached hydrogens (tertiary/aromatic N) is 1. The van der Waals surface area contributed by atoms with E-state index in [1.807, 2.05) is 44.2 Å². The normalized spacial score (nSPS) is 10.9. The lowest BCUT2D eigenvalue weighted by molar-refractivity contribution is -0.112. The lowest BCUT2D eigenvalue weighted by Gasteiger charge is -2.15. The molecule has 0 spiro atoms. The maximum atomic E-state index is 12.7. The second-order valence-electron chi connectivity index (χ2n) is 7.26. The number of amides is 1. The van der Waals surface area contributed by atoms with Gasteiger partial charge in [-0.15, -0.1) is 0 Å². The van der Waals surface area contributed by atoms with Gasteiger partial charge in [0.1, 0.15) is 24.0 Å². The number of anilines is 1. The molecule has 6 nitrogen and oxygen atoms in total. The molecule has 0 bridgehead atoms. The highest BCUT2D eigenvalue weighted by atomic mass is 127. The molecule has 0 aliphatic carbocycles. The Hall–Kier alpha value is -3.22. The molecule has 180 valence electrons. The molecule has 0 heterocycles. The highest BCUT2D eigenvalue weighted by Gasteiger charge is 2.15. The van der Waals surface area contributed by atoms with Gasteiger partial charge >= 0.3 is 0 Å². The molecule has 0 atom stereocenters. The third-order valence-corrected chi connectivity index (χ3v) is 5.73. The minimum Gasteiger partial charge on any atom is -0.494 e. The zero-order valence-corrected chi connectivity index (χ0v) is 22.2. The topological polar surface area (TPSA) is 80.6 Å². The number of rotatable bonds is 10. The molecule has 0 aliphatic rings. The van der Waals surface area contributed by atoms with Crippen LogP contribution in [0.4, 0.5) is 5.69 Å². The van der Waals surface area contributed by atoms with Crippen LogP contribution >= 0.6 is 34.2 Å². The number of carbonyl (C=O) groups excluding carboxylic acids is 1. The Morgan fingerprint density at radius 2 is 1.71 bits per heavy atom. The fourth-order valence-corrected chi connectivity index (χ4v) is 3.76. The summed E-state index contributed by atoms with van der Waals surface area (Å²) in [6.45, 7) is 5.01. The Balaban J connectivity index is 1.79. The van der Waals surface area contributed by atoms with Crippen molar-refractivity contribution in [2.45, 2.75) is 20.5 Å². The van der Waals surface area contributed by atoms with Gasteiger partial charge in [0.25, 0.3) is 5.91 Å². The third kappa shape index (κ3) is 7.64. The van der Waals surface area contributed by atoms with Crippen molar-refractivity contribution in [3.8, 4) is 23.3 Å². The average molecular weight is 603 g/mol. The summed E-state index contributed by atoms with van der Waals surface area (Å²) in [6, 6.07) is 20.2. The van der Waals surface area contributed by atoms with Crippen molar-refractivity contribution < 1.29 is 19.0 Å². The molecule has 0 fully saturated rings. The maximum Gasteiger partial charge on any atom is 0.266 e. The van der Waals surface area contributed by atoms with Crippen molar-refractivity contribution in [3.63, 3.8) is 0 Å². The zero-order valence-electron chi connectivity index (χ0n) is 19.3. The molecule has 8 heteroatoms. The molecule has 0 aliphatic heterocycles.